The van der Waals surface area contributed by atoms with E-state index in [1.165, 1.54) is 29.0 Å². The van der Waals surface area contributed by atoms with Crippen LogP contribution in [0.3, 0.4) is 0 Å². The molecule has 140 valence electrons. The van der Waals surface area contributed by atoms with Crippen LogP contribution >= 0.6 is 23.1 Å². The molecule has 1 aromatic heterocycles. The number of nitrogens with zero attached hydrogens (tertiary/aromatic N) is 2. The highest BCUT2D eigenvalue weighted by atomic mass is 32.2. The van der Waals surface area contributed by atoms with Crippen molar-refractivity contribution in [3.8, 4) is 5.75 Å². The smallest absolute Gasteiger partial charge is 0.387 e. The van der Waals surface area contributed by atoms with Gasteiger partial charge in [0.2, 0.25) is 11.0 Å². The van der Waals surface area contributed by atoms with Crippen molar-refractivity contribution in [3.63, 3.8) is 0 Å². The minimum atomic E-state index is -2.87. The first-order valence-electron chi connectivity index (χ1n) is 7.92. The molecular weight excluding hydrogens is 392 g/mol. The molecule has 0 bridgehead atoms. The third-order valence-electron chi connectivity index (χ3n) is 3.37. The maximum atomic E-state index is 12.1. The minimum Gasteiger partial charge on any atom is -0.435 e. The van der Waals surface area contributed by atoms with Crippen molar-refractivity contribution in [2.24, 2.45) is 0 Å². The number of halogens is 2. The van der Waals surface area contributed by atoms with Crippen LogP contribution in [0.15, 0.2) is 58.9 Å². The van der Waals surface area contributed by atoms with Crippen molar-refractivity contribution < 1.29 is 18.3 Å². The van der Waals surface area contributed by atoms with E-state index in [2.05, 4.69) is 20.3 Å². The van der Waals surface area contributed by atoms with Gasteiger partial charge in [-0.1, -0.05) is 65.6 Å². The van der Waals surface area contributed by atoms with Crippen LogP contribution < -0.4 is 10.1 Å². The van der Waals surface area contributed by atoms with E-state index in [1.54, 1.807) is 23.9 Å². The Kier molecular flexibility index (Phi) is 6.72. The summed E-state index contributed by atoms with van der Waals surface area (Å²) in [5, 5.41) is 11.2. The standard InChI is InChI=1S/C18H15F2N3O2S2/c19-16(20)25-14-8-6-12(7-9-14)10-15(24)21-17-22-23-18(27-17)26-11-13-4-2-1-3-5-13/h1-9,16H,10-11H2,(H,21,22,24). The molecule has 27 heavy (non-hydrogen) atoms. The largest absolute Gasteiger partial charge is 0.435 e. The van der Waals surface area contributed by atoms with Crippen molar-refractivity contribution in [2.75, 3.05) is 5.32 Å². The number of carbonyl (C=O) groups is 1. The number of alkyl halides is 2. The van der Waals surface area contributed by atoms with E-state index in [0.29, 0.717) is 10.7 Å². The number of amides is 1. The van der Waals surface area contributed by atoms with Crippen LogP contribution in [0.1, 0.15) is 11.1 Å². The molecule has 0 atom stereocenters. The SMILES string of the molecule is O=C(Cc1ccc(OC(F)F)cc1)Nc1nnc(SCc2ccccc2)s1. The average molecular weight is 407 g/mol. The molecule has 9 heteroatoms. The van der Waals surface area contributed by atoms with Crippen LogP contribution in [-0.4, -0.2) is 22.7 Å². The maximum absolute atomic E-state index is 12.1. The van der Waals surface area contributed by atoms with Crippen LogP contribution in [0.5, 0.6) is 5.75 Å². The Labute approximate surface area is 162 Å². The first-order valence-corrected chi connectivity index (χ1v) is 9.72. The topological polar surface area (TPSA) is 64.1 Å². The lowest BCUT2D eigenvalue weighted by atomic mass is 10.1. The Morgan fingerprint density at radius 2 is 1.81 bits per heavy atom. The number of benzene rings is 2. The fraction of sp³-hybridized carbons (Fsp3) is 0.167. The predicted molar refractivity (Wildman–Crippen MR) is 101 cm³/mol. The molecule has 3 rings (SSSR count). The van der Waals surface area contributed by atoms with Gasteiger partial charge in [0, 0.05) is 5.75 Å². The van der Waals surface area contributed by atoms with Gasteiger partial charge in [-0.05, 0) is 23.3 Å². The van der Waals surface area contributed by atoms with Crippen LogP contribution in [0.2, 0.25) is 0 Å². The molecule has 1 N–H and O–H groups in total. The van der Waals surface area contributed by atoms with E-state index in [1.807, 2.05) is 30.3 Å². The van der Waals surface area contributed by atoms with Crippen molar-refractivity contribution in [2.45, 2.75) is 23.1 Å². The second kappa shape index (κ2) is 9.43. The summed E-state index contributed by atoms with van der Waals surface area (Å²) >= 11 is 2.86. The lowest BCUT2D eigenvalue weighted by molar-refractivity contribution is -0.115. The van der Waals surface area contributed by atoms with Gasteiger partial charge >= 0.3 is 6.61 Å². The van der Waals surface area contributed by atoms with Gasteiger partial charge in [0.1, 0.15) is 5.75 Å². The first kappa shape index (κ1) is 19.2. The molecule has 3 aromatic rings. The van der Waals surface area contributed by atoms with Gasteiger partial charge in [-0.25, -0.2) is 0 Å². The lowest BCUT2D eigenvalue weighted by Crippen LogP contribution is -2.14. The summed E-state index contributed by atoms with van der Waals surface area (Å²) in [5.41, 5.74) is 1.86. The number of thioether (sulfide) groups is 1. The van der Waals surface area contributed by atoms with E-state index in [9.17, 15) is 13.6 Å². The Bertz CT molecular complexity index is 874. The van der Waals surface area contributed by atoms with Gasteiger partial charge in [-0.2, -0.15) is 8.78 Å². The number of hydrogen-bond acceptors (Lipinski definition) is 6. The zero-order valence-corrected chi connectivity index (χ0v) is 15.6. The molecular formula is C18H15F2N3O2S2. The monoisotopic (exact) mass is 407 g/mol. The minimum absolute atomic E-state index is 0.0540. The fourth-order valence-electron chi connectivity index (χ4n) is 2.18. The summed E-state index contributed by atoms with van der Waals surface area (Å²) in [7, 11) is 0. The second-order valence-electron chi connectivity index (χ2n) is 5.39. The van der Waals surface area contributed by atoms with Gasteiger partial charge in [-0.15, -0.1) is 10.2 Å². The summed E-state index contributed by atoms with van der Waals surface area (Å²) in [5.74, 6) is 0.572. The number of carbonyl (C=O) groups excluding carboxylic acids is 1. The van der Waals surface area contributed by atoms with Gasteiger partial charge in [-0.3, -0.25) is 4.79 Å². The molecule has 1 heterocycles. The second-order valence-corrected chi connectivity index (χ2v) is 7.59. The third kappa shape index (κ3) is 6.30. The molecule has 0 aliphatic carbocycles. The molecule has 0 radical (unpaired) electrons. The highest BCUT2D eigenvalue weighted by molar-refractivity contribution is 8.00. The summed E-state index contributed by atoms with van der Waals surface area (Å²) in [6, 6.07) is 15.9. The maximum Gasteiger partial charge on any atom is 0.387 e. The third-order valence-corrected chi connectivity index (χ3v) is 5.41. The molecule has 2 aromatic carbocycles. The summed E-state index contributed by atoms with van der Waals surface area (Å²) in [6.07, 6.45) is 0.0982. The number of anilines is 1. The Morgan fingerprint density at radius 3 is 2.52 bits per heavy atom. The van der Waals surface area contributed by atoms with E-state index >= 15 is 0 Å². The molecule has 0 unspecified atom stereocenters. The Hall–Kier alpha value is -2.52. The molecule has 0 spiro atoms. The molecule has 5 nitrogen and oxygen atoms in total. The normalized spacial score (nSPS) is 10.8. The van der Waals surface area contributed by atoms with Crippen LogP contribution in [0.25, 0.3) is 0 Å². The van der Waals surface area contributed by atoms with Gasteiger partial charge in [0.25, 0.3) is 0 Å². The summed E-state index contributed by atoms with van der Waals surface area (Å²) < 4.78 is 29.3. The Morgan fingerprint density at radius 1 is 1.07 bits per heavy atom. The van der Waals surface area contributed by atoms with Crippen molar-refractivity contribution in [1.82, 2.24) is 10.2 Å². The molecule has 0 saturated heterocycles. The molecule has 0 saturated carbocycles. The molecule has 0 fully saturated rings. The Balaban J connectivity index is 1.48. The van der Waals surface area contributed by atoms with Gasteiger partial charge in [0.15, 0.2) is 4.34 Å². The van der Waals surface area contributed by atoms with Gasteiger partial charge < -0.3 is 10.1 Å². The van der Waals surface area contributed by atoms with Crippen molar-refractivity contribution >= 4 is 34.1 Å². The quantitative estimate of drug-likeness (QED) is 0.436. The number of aromatic nitrogens is 2. The number of nitrogens with one attached hydrogen (secondary N) is 1. The molecule has 0 aliphatic rings. The van der Waals surface area contributed by atoms with E-state index in [4.69, 9.17) is 0 Å². The summed E-state index contributed by atoms with van der Waals surface area (Å²) in [6.45, 7) is -2.87. The highest BCUT2D eigenvalue weighted by Gasteiger charge is 2.10. The number of hydrogen-bond donors (Lipinski definition) is 1. The van der Waals surface area contributed by atoms with Crippen LogP contribution in [-0.2, 0) is 17.0 Å². The van der Waals surface area contributed by atoms with Crippen LogP contribution in [0.4, 0.5) is 13.9 Å². The molecule has 1 amide bonds. The predicted octanol–water partition coefficient (Wildman–Crippen LogP) is 4.61. The lowest BCUT2D eigenvalue weighted by Gasteiger charge is -2.05. The number of rotatable bonds is 8. The highest BCUT2D eigenvalue weighted by Crippen LogP contribution is 2.28. The fourth-order valence-corrected chi connectivity index (χ4v) is 3.90. The van der Waals surface area contributed by atoms with E-state index in [0.717, 1.165) is 10.1 Å². The van der Waals surface area contributed by atoms with Crippen molar-refractivity contribution in [3.05, 3.63) is 65.7 Å². The van der Waals surface area contributed by atoms with E-state index < -0.39 is 6.61 Å². The van der Waals surface area contributed by atoms with Crippen LogP contribution in [0, 0.1) is 0 Å². The average Bonchev–Trinajstić information content (AvgIpc) is 3.09. The summed E-state index contributed by atoms with van der Waals surface area (Å²) in [4.78, 5) is 12.1. The zero-order valence-electron chi connectivity index (χ0n) is 14.0. The van der Waals surface area contributed by atoms with Crippen molar-refractivity contribution in [1.29, 1.82) is 0 Å². The zero-order chi connectivity index (χ0) is 19.1. The van der Waals surface area contributed by atoms with Gasteiger partial charge in [0.05, 0.1) is 6.42 Å². The number of ether oxygens (including phenoxy) is 1. The van der Waals surface area contributed by atoms with E-state index in [-0.39, 0.29) is 18.1 Å². The first-order chi connectivity index (χ1) is 13.1. The molecule has 0 aliphatic heterocycles.